The molecule has 0 N–H and O–H groups in total. The third-order valence-corrected chi connectivity index (χ3v) is 4.20. The van der Waals surface area contributed by atoms with Gasteiger partial charge in [0.1, 0.15) is 12.2 Å². The number of unbranched alkanes of at least 4 members (excludes halogenated alkanes) is 13. The van der Waals surface area contributed by atoms with Crippen molar-refractivity contribution in [2.75, 3.05) is 0 Å². The highest BCUT2D eigenvalue weighted by atomic mass is 16.1. The number of carbonyl (C=O) groups is 1. The van der Waals surface area contributed by atoms with E-state index in [0.29, 0.717) is 0 Å². The minimum absolute atomic E-state index is 0.373. The topological polar surface area (TPSA) is 40.9 Å². The van der Waals surface area contributed by atoms with Crippen LogP contribution < -0.4 is 0 Å². The highest BCUT2D eigenvalue weighted by Crippen LogP contribution is 2.14. The summed E-state index contributed by atoms with van der Waals surface area (Å²) in [6.07, 6.45) is 20.3. The number of aldehydes is 1. The molecule has 122 valence electrons. The fourth-order valence-electron chi connectivity index (χ4n) is 2.72. The quantitative estimate of drug-likeness (QED) is 0.251. The van der Waals surface area contributed by atoms with Crippen LogP contribution in [0.25, 0.3) is 0 Å². The number of hydrogen-bond donors (Lipinski definition) is 0. The zero-order valence-corrected chi connectivity index (χ0v) is 14.1. The van der Waals surface area contributed by atoms with Gasteiger partial charge in [-0.2, -0.15) is 5.26 Å². The molecule has 0 amide bonds. The van der Waals surface area contributed by atoms with Crippen molar-refractivity contribution >= 4 is 6.29 Å². The minimum atomic E-state index is -0.373. The maximum absolute atomic E-state index is 10.5. The van der Waals surface area contributed by atoms with Crippen LogP contribution in [0.15, 0.2) is 0 Å². The molecule has 2 heteroatoms. The van der Waals surface area contributed by atoms with Crippen LogP contribution in [-0.2, 0) is 4.79 Å². The molecule has 0 bridgehead atoms. The van der Waals surface area contributed by atoms with Gasteiger partial charge in [-0.25, -0.2) is 0 Å². The van der Waals surface area contributed by atoms with Crippen molar-refractivity contribution in [3.05, 3.63) is 0 Å². The molecule has 1 unspecified atom stereocenters. The summed E-state index contributed by atoms with van der Waals surface area (Å²) in [5, 5.41) is 8.65. The van der Waals surface area contributed by atoms with Gasteiger partial charge in [0.25, 0.3) is 0 Å². The molecule has 0 aliphatic carbocycles. The zero-order chi connectivity index (χ0) is 15.6. The first-order valence-electron chi connectivity index (χ1n) is 9.20. The Morgan fingerprint density at radius 2 is 1.14 bits per heavy atom. The molecule has 0 aromatic carbocycles. The van der Waals surface area contributed by atoms with Crippen molar-refractivity contribution in [3.8, 4) is 6.07 Å². The van der Waals surface area contributed by atoms with Gasteiger partial charge in [0.2, 0.25) is 0 Å². The summed E-state index contributed by atoms with van der Waals surface area (Å²) >= 11 is 0. The van der Waals surface area contributed by atoms with Gasteiger partial charge < -0.3 is 4.79 Å². The Bertz CT molecular complexity index is 257. The molecular formula is C19H35NO. The largest absolute Gasteiger partial charge is 0.302 e. The van der Waals surface area contributed by atoms with E-state index in [2.05, 4.69) is 6.92 Å². The first-order chi connectivity index (χ1) is 10.3. The normalized spacial score (nSPS) is 12.0. The molecule has 0 aliphatic heterocycles. The first kappa shape index (κ1) is 20.2. The van der Waals surface area contributed by atoms with Gasteiger partial charge in [-0.3, -0.25) is 0 Å². The van der Waals surface area contributed by atoms with E-state index in [-0.39, 0.29) is 5.92 Å². The molecule has 0 rings (SSSR count). The molecule has 2 nitrogen and oxygen atoms in total. The zero-order valence-electron chi connectivity index (χ0n) is 14.1. The van der Waals surface area contributed by atoms with Crippen LogP contribution >= 0.6 is 0 Å². The summed E-state index contributed by atoms with van der Waals surface area (Å²) in [5.41, 5.74) is 0. The lowest BCUT2D eigenvalue weighted by Crippen LogP contribution is -1.97. The van der Waals surface area contributed by atoms with Crippen molar-refractivity contribution in [2.45, 2.75) is 103 Å². The highest BCUT2D eigenvalue weighted by Gasteiger charge is 2.03. The molecule has 0 heterocycles. The third kappa shape index (κ3) is 15.4. The Kier molecular flexibility index (Phi) is 16.5. The lowest BCUT2D eigenvalue weighted by atomic mass is 10.0. The van der Waals surface area contributed by atoms with Crippen LogP contribution in [0.5, 0.6) is 0 Å². The van der Waals surface area contributed by atoms with Crippen LogP contribution in [0.4, 0.5) is 0 Å². The second kappa shape index (κ2) is 17.2. The number of rotatable bonds is 16. The summed E-state index contributed by atoms with van der Waals surface area (Å²) in [4.78, 5) is 10.5. The fraction of sp³-hybridized carbons (Fsp3) is 0.895. The SMILES string of the molecule is CCCCCCCCCCCCCCCCC(C#N)C=O. The van der Waals surface area contributed by atoms with Crippen LogP contribution in [0.3, 0.4) is 0 Å². The Hall–Kier alpha value is -0.840. The van der Waals surface area contributed by atoms with Crippen molar-refractivity contribution in [2.24, 2.45) is 5.92 Å². The number of nitriles is 1. The Labute approximate surface area is 132 Å². The van der Waals surface area contributed by atoms with Gasteiger partial charge >= 0.3 is 0 Å². The molecule has 0 aromatic rings. The Morgan fingerprint density at radius 3 is 1.48 bits per heavy atom. The van der Waals surface area contributed by atoms with E-state index in [1.807, 2.05) is 6.07 Å². The molecule has 0 saturated heterocycles. The van der Waals surface area contributed by atoms with Gasteiger partial charge in [0.15, 0.2) is 0 Å². The van der Waals surface area contributed by atoms with Crippen LogP contribution in [0.1, 0.15) is 103 Å². The first-order valence-corrected chi connectivity index (χ1v) is 9.20. The molecular weight excluding hydrogens is 258 g/mol. The van der Waals surface area contributed by atoms with E-state index in [4.69, 9.17) is 5.26 Å². The van der Waals surface area contributed by atoms with E-state index in [9.17, 15) is 4.79 Å². The summed E-state index contributed by atoms with van der Waals surface area (Å²) in [6.45, 7) is 2.27. The van der Waals surface area contributed by atoms with Crippen molar-refractivity contribution in [3.63, 3.8) is 0 Å². The standard InChI is InChI=1S/C19H35NO/c1-2-3-4-5-6-7-8-9-10-11-12-13-14-15-16-19(17-20)18-21/h18-19H,2-16H2,1H3. The average Bonchev–Trinajstić information content (AvgIpc) is 2.51. The second-order valence-corrected chi connectivity index (χ2v) is 6.26. The third-order valence-electron chi connectivity index (χ3n) is 4.20. The van der Waals surface area contributed by atoms with Gasteiger partial charge in [-0.05, 0) is 6.42 Å². The Morgan fingerprint density at radius 1 is 0.762 bits per heavy atom. The molecule has 0 saturated carbocycles. The van der Waals surface area contributed by atoms with Crippen molar-refractivity contribution in [1.29, 1.82) is 5.26 Å². The molecule has 21 heavy (non-hydrogen) atoms. The summed E-state index contributed by atoms with van der Waals surface area (Å²) in [5.74, 6) is -0.373. The van der Waals surface area contributed by atoms with Crippen LogP contribution in [-0.4, -0.2) is 6.29 Å². The second-order valence-electron chi connectivity index (χ2n) is 6.26. The van der Waals surface area contributed by atoms with Gasteiger partial charge in [0, 0.05) is 0 Å². The minimum Gasteiger partial charge on any atom is -0.302 e. The molecule has 0 fully saturated rings. The average molecular weight is 293 g/mol. The lowest BCUT2D eigenvalue weighted by molar-refractivity contribution is -0.109. The summed E-state index contributed by atoms with van der Waals surface area (Å²) in [7, 11) is 0. The smallest absolute Gasteiger partial charge is 0.137 e. The predicted octanol–water partition coefficient (Wildman–Crippen LogP) is 6.20. The highest BCUT2D eigenvalue weighted by molar-refractivity contribution is 5.57. The maximum Gasteiger partial charge on any atom is 0.137 e. The Balaban J connectivity index is 3.06. The number of hydrogen-bond acceptors (Lipinski definition) is 2. The van der Waals surface area contributed by atoms with E-state index in [0.717, 1.165) is 19.1 Å². The van der Waals surface area contributed by atoms with E-state index in [1.54, 1.807) is 0 Å². The number of nitrogens with zero attached hydrogens (tertiary/aromatic N) is 1. The van der Waals surface area contributed by atoms with E-state index in [1.165, 1.54) is 83.5 Å². The molecule has 1 atom stereocenters. The summed E-state index contributed by atoms with van der Waals surface area (Å²) < 4.78 is 0. The van der Waals surface area contributed by atoms with Crippen molar-refractivity contribution in [1.82, 2.24) is 0 Å². The molecule has 0 aromatic heterocycles. The number of carbonyl (C=O) groups excluding carboxylic acids is 1. The van der Waals surface area contributed by atoms with Gasteiger partial charge in [-0.1, -0.05) is 96.8 Å². The van der Waals surface area contributed by atoms with Crippen LogP contribution in [0, 0.1) is 17.2 Å². The molecule has 0 radical (unpaired) electrons. The van der Waals surface area contributed by atoms with Crippen LogP contribution in [0.2, 0.25) is 0 Å². The molecule has 0 aliphatic rings. The van der Waals surface area contributed by atoms with E-state index >= 15 is 0 Å². The monoisotopic (exact) mass is 293 g/mol. The maximum atomic E-state index is 10.5. The lowest BCUT2D eigenvalue weighted by Gasteiger charge is -2.03. The van der Waals surface area contributed by atoms with Gasteiger partial charge in [0.05, 0.1) is 6.07 Å². The molecule has 0 spiro atoms. The summed E-state index contributed by atoms with van der Waals surface area (Å²) in [6, 6.07) is 2.03. The van der Waals surface area contributed by atoms with Gasteiger partial charge in [-0.15, -0.1) is 0 Å². The fourth-order valence-corrected chi connectivity index (χ4v) is 2.72. The predicted molar refractivity (Wildman–Crippen MR) is 90.1 cm³/mol. The van der Waals surface area contributed by atoms with Crippen molar-refractivity contribution < 1.29 is 4.79 Å². The van der Waals surface area contributed by atoms with E-state index < -0.39 is 0 Å².